The van der Waals surface area contributed by atoms with Crippen LogP contribution in [0.1, 0.15) is 38.3 Å². The zero-order valence-corrected chi connectivity index (χ0v) is 12.5. The lowest BCUT2D eigenvalue weighted by atomic mass is 10.0. The number of hydrogen-bond donors (Lipinski definition) is 1. The molecule has 3 heteroatoms. The third-order valence-corrected chi connectivity index (χ3v) is 3.73. The van der Waals surface area contributed by atoms with Gasteiger partial charge in [0.05, 0.1) is 0 Å². The Morgan fingerprint density at radius 3 is 2.67 bits per heavy atom. The van der Waals surface area contributed by atoms with Gasteiger partial charge in [0.1, 0.15) is 0 Å². The maximum Gasteiger partial charge on any atom is 0.0409 e. The van der Waals surface area contributed by atoms with Crippen molar-refractivity contribution in [1.82, 2.24) is 4.90 Å². The molecule has 2 unspecified atom stereocenters. The summed E-state index contributed by atoms with van der Waals surface area (Å²) in [4.78, 5) is 2.38. The Kier molecular flexibility index (Phi) is 6.69. The number of hydrogen-bond acceptors (Lipinski definition) is 2. The summed E-state index contributed by atoms with van der Waals surface area (Å²) in [6.45, 7) is 6.39. The highest BCUT2D eigenvalue weighted by Gasteiger charge is 2.14. The highest BCUT2D eigenvalue weighted by atomic mass is 35.5. The summed E-state index contributed by atoms with van der Waals surface area (Å²) in [5, 5.41) is 0.809. The second-order valence-corrected chi connectivity index (χ2v) is 5.64. The van der Waals surface area contributed by atoms with E-state index in [1.807, 2.05) is 18.2 Å². The lowest BCUT2D eigenvalue weighted by molar-refractivity contribution is 0.220. The SMILES string of the molecule is CC(CCCN)CN(C)C(C)c1cccc(Cl)c1. The van der Waals surface area contributed by atoms with Crippen molar-refractivity contribution in [2.75, 3.05) is 20.1 Å². The van der Waals surface area contributed by atoms with Crippen LogP contribution in [0.3, 0.4) is 0 Å². The molecule has 102 valence electrons. The third kappa shape index (κ3) is 4.97. The molecule has 1 rings (SSSR count). The van der Waals surface area contributed by atoms with Crippen LogP contribution in [-0.2, 0) is 0 Å². The maximum atomic E-state index is 6.04. The summed E-state index contributed by atoms with van der Waals surface area (Å²) in [6.07, 6.45) is 2.31. The van der Waals surface area contributed by atoms with Gasteiger partial charge >= 0.3 is 0 Å². The van der Waals surface area contributed by atoms with Crippen molar-refractivity contribution in [3.63, 3.8) is 0 Å². The van der Waals surface area contributed by atoms with Crippen molar-refractivity contribution < 1.29 is 0 Å². The van der Waals surface area contributed by atoms with Crippen molar-refractivity contribution in [2.45, 2.75) is 32.7 Å². The van der Waals surface area contributed by atoms with Crippen LogP contribution >= 0.6 is 11.6 Å². The summed E-state index contributed by atoms with van der Waals surface area (Å²) < 4.78 is 0. The first kappa shape index (κ1) is 15.5. The number of halogens is 1. The van der Waals surface area contributed by atoms with Gasteiger partial charge in [-0.05, 0) is 57.0 Å². The van der Waals surface area contributed by atoms with Crippen LogP contribution in [0.5, 0.6) is 0 Å². The molecule has 2 atom stereocenters. The van der Waals surface area contributed by atoms with E-state index in [4.69, 9.17) is 17.3 Å². The monoisotopic (exact) mass is 268 g/mol. The molecule has 2 N–H and O–H groups in total. The predicted molar refractivity (Wildman–Crippen MR) is 79.9 cm³/mol. The van der Waals surface area contributed by atoms with Crippen LogP contribution in [0.4, 0.5) is 0 Å². The first-order valence-electron chi connectivity index (χ1n) is 6.70. The van der Waals surface area contributed by atoms with Crippen LogP contribution < -0.4 is 5.73 Å². The van der Waals surface area contributed by atoms with Crippen molar-refractivity contribution in [3.8, 4) is 0 Å². The minimum Gasteiger partial charge on any atom is -0.330 e. The second kappa shape index (κ2) is 7.78. The molecule has 0 saturated heterocycles. The van der Waals surface area contributed by atoms with E-state index in [0.717, 1.165) is 24.5 Å². The molecular formula is C15H25ClN2. The standard InChI is InChI=1S/C15H25ClN2/c1-12(6-5-9-17)11-18(3)13(2)14-7-4-8-15(16)10-14/h4,7-8,10,12-13H,5-6,9,11,17H2,1-3H3. The Labute approximate surface area is 116 Å². The second-order valence-electron chi connectivity index (χ2n) is 5.21. The molecule has 0 aliphatic heterocycles. The number of benzene rings is 1. The molecule has 0 spiro atoms. The minimum absolute atomic E-state index is 0.393. The van der Waals surface area contributed by atoms with Gasteiger partial charge in [-0.2, -0.15) is 0 Å². The van der Waals surface area contributed by atoms with E-state index < -0.39 is 0 Å². The van der Waals surface area contributed by atoms with Gasteiger partial charge in [0.2, 0.25) is 0 Å². The fourth-order valence-electron chi connectivity index (χ4n) is 2.23. The summed E-state index contributed by atoms with van der Waals surface area (Å²) in [5.41, 5.74) is 6.82. The van der Waals surface area contributed by atoms with Crippen LogP contribution in [-0.4, -0.2) is 25.0 Å². The normalized spacial score (nSPS) is 14.8. The van der Waals surface area contributed by atoms with Crippen molar-refractivity contribution >= 4 is 11.6 Å². The largest absolute Gasteiger partial charge is 0.330 e. The van der Waals surface area contributed by atoms with E-state index in [2.05, 4.69) is 31.9 Å². The average Bonchev–Trinajstić information content (AvgIpc) is 2.35. The number of rotatable bonds is 7. The van der Waals surface area contributed by atoms with E-state index in [-0.39, 0.29) is 0 Å². The Hall–Kier alpha value is -0.570. The summed E-state index contributed by atoms with van der Waals surface area (Å²) in [6, 6.07) is 8.51. The number of nitrogens with two attached hydrogens (primary N) is 1. The summed E-state index contributed by atoms with van der Waals surface area (Å²) >= 11 is 6.04. The molecule has 0 aliphatic carbocycles. The Morgan fingerprint density at radius 1 is 1.33 bits per heavy atom. The molecule has 0 aromatic heterocycles. The molecule has 0 amide bonds. The van der Waals surface area contributed by atoms with Gasteiger partial charge in [0.15, 0.2) is 0 Å². The zero-order valence-electron chi connectivity index (χ0n) is 11.7. The summed E-state index contributed by atoms with van der Waals surface area (Å²) in [5.74, 6) is 0.681. The molecular weight excluding hydrogens is 244 g/mol. The van der Waals surface area contributed by atoms with E-state index in [9.17, 15) is 0 Å². The molecule has 0 heterocycles. The third-order valence-electron chi connectivity index (χ3n) is 3.49. The van der Waals surface area contributed by atoms with Gasteiger partial charge in [-0.1, -0.05) is 30.7 Å². The highest BCUT2D eigenvalue weighted by molar-refractivity contribution is 6.30. The van der Waals surface area contributed by atoms with Gasteiger partial charge in [0.25, 0.3) is 0 Å². The molecule has 2 nitrogen and oxygen atoms in total. The quantitative estimate of drug-likeness (QED) is 0.817. The van der Waals surface area contributed by atoms with Gasteiger partial charge in [-0.25, -0.2) is 0 Å². The Morgan fingerprint density at radius 2 is 2.06 bits per heavy atom. The molecule has 0 saturated carbocycles. The lowest BCUT2D eigenvalue weighted by Gasteiger charge is -2.28. The molecule has 1 aromatic carbocycles. The number of nitrogens with zero attached hydrogens (tertiary/aromatic N) is 1. The Bertz CT molecular complexity index is 354. The highest BCUT2D eigenvalue weighted by Crippen LogP contribution is 2.23. The predicted octanol–water partition coefficient (Wildman–Crippen LogP) is 3.71. The fraction of sp³-hybridized carbons (Fsp3) is 0.600. The van der Waals surface area contributed by atoms with Gasteiger partial charge in [0, 0.05) is 17.6 Å². The van der Waals surface area contributed by atoms with Crippen LogP contribution in [0.25, 0.3) is 0 Å². The first-order valence-corrected chi connectivity index (χ1v) is 7.08. The molecule has 1 aromatic rings. The van der Waals surface area contributed by atoms with Gasteiger partial charge in [-0.3, -0.25) is 4.90 Å². The van der Waals surface area contributed by atoms with Crippen LogP contribution in [0.2, 0.25) is 5.02 Å². The van der Waals surface area contributed by atoms with E-state index in [1.54, 1.807) is 0 Å². The van der Waals surface area contributed by atoms with Gasteiger partial charge < -0.3 is 5.73 Å². The average molecular weight is 269 g/mol. The van der Waals surface area contributed by atoms with E-state index in [1.165, 1.54) is 12.0 Å². The molecule has 0 fully saturated rings. The fourth-order valence-corrected chi connectivity index (χ4v) is 2.43. The van der Waals surface area contributed by atoms with Crippen molar-refractivity contribution in [1.29, 1.82) is 0 Å². The lowest BCUT2D eigenvalue weighted by Crippen LogP contribution is -2.27. The molecule has 0 radical (unpaired) electrons. The van der Waals surface area contributed by atoms with Crippen LogP contribution in [0.15, 0.2) is 24.3 Å². The minimum atomic E-state index is 0.393. The molecule has 18 heavy (non-hydrogen) atoms. The zero-order chi connectivity index (χ0) is 13.5. The van der Waals surface area contributed by atoms with E-state index >= 15 is 0 Å². The molecule has 0 bridgehead atoms. The van der Waals surface area contributed by atoms with Gasteiger partial charge in [-0.15, -0.1) is 0 Å². The first-order chi connectivity index (χ1) is 8.54. The van der Waals surface area contributed by atoms with Crippen molar-refractivity contribution in [2.24, 2.45) is 11.7 Å². The smallest absolute Gasteiger partial charge is 0.0409 e. The summed E-state index contributed by atoms with van der Waals surface area (Å²) in [7, 11) is 2.17. The Balaban J connectivity index is 2.53. The molecule has 0 aliphatic rings. The topological polar surface area (TPSA) is 29.3 Å². The van der Waals surface area contributed by atoms with Crippen LogP contribution in [0, 0.1) is 5.92 Å². The maximum absolute atomic E-state index is 6.04. The van der Waals surface area contributed by atoms with E-state index in [0.29, 0.717) is 12.0 Å². The van der Waals surface area contributed by atoms with Crippen molar-refractivity contribution in [3.05, 3.63) is 34.9 Å².